The number of carboxylic acid groups (broad SMARTS) is 2. The fourth-order valence-electron chi connectivity index (χ4n) is 1.01. The first-order valence-corrected chi connectivity index (χ1v) is 5.43. The summed E-state index contributed by atoms with van der Waals surface area (Å²) in [7, 11) is 0. The molecule has 0 radical (unpaired) electrons. The van der Waals surface area contributed by atoms with Gasteiger partial charge in [-0.05, 0) is 5.56 Å². The van der Waals surface area contributed by atoms with Gasteiger partial charge in [-0.2, -0.15) is 0 Å². The molecule has 0 aliphatic rings. The van der Waals surface area contributed by atoms with Gasteiger partial charge in [-0.1, -0.05) is 30.3 Å². The second kappa shape index (κ2) is 5.97. The Kier molecular flexibility index (Phi) is 4.60. The molecule has 0 saturated carbocycles. The van der Waals surface area contributed by atoms with E-state index >= 15 is 0 Å². The van der Waals surface area contributed by atoms with Gasteiger partial charge in [0.25, 0.3) is 0 Å². The Morgan fingerprint density at radius 1 is 1.19 bits per heavy atom. The molecule has 0 heterocycles. The van der Waals surface area contributed by atoms with Crippen LogP contribution < -0.4 is 0 Å². The second-order valence-corrected chi connectivity index (χ2v) is 3.94. The Balaban J connectivity index is 2.65. The van der Waals surface area contributed by atoms with E-state index in [-0.39, 0.29) is 4.91 Å². The summed E-state index contributed by atoms with van der Waals surface area (Å²) < 4.78 is 0. The number of carbonyl (C=O) groups is 2. The van der Waals surface area contributed by atoms with E-state index in [1.807, 2.05) is 30.3 Å². The van der Waals surface area contributed by atoms with Crippen LogP contribution in [-0.2, 0) is 15.3 Å². The lowest BCUT2D eigenvalue weighted by Crippen LogP contribution is -2.01. The average Bonchev–Trinajstić information content (AvgIpc) is 2.25. The predicted octanol–water partition coefficient (Wildman–Crippen LogP) is 1.97. The third-order valence-corrected chi connectivity index (χ3v) is 2.78. The van der Waals surface area contributed by atoms with Crippen molar-refractivity contribution in [1.82, 2.24) is 0 Å². The molecule has 0 aliphatic heterocycles. The minimum Gasteiger partial charge on any atom is -0.478 e. The first-order valence-electron chi connectivity index (χ1n) is 4.44. The van der Waals surface area contributed by atoms with Crippen molar-refractivity contribution in [2.45, 2.75) is 5.75 Å². The van der Waals surface area contributed by atoms with Gasteiger partial charge in [0.1, 0.15) is 0 Å². The summed E-state index contributed by atoms with van der Waals surface area (Å²) in [5, 5.41) is 17.2. The summed E-state index contributed by atoms with van der Waals surface area (Å²) in [4.78, 5) is 20.9. The zero-order valence-corrected chi connectivity index (χ0v) is 9.11. The summed E-state index contributed by atoms with van der Waals surface area (Å²) in [6.45, 7) is 0. The van der Waals surface area contributed by atoms with E-state index in [9.17, 15) is 9.59 Å². The van der Waals surface area contributed by atoms with E-state index in [4.69, 9.17) is 10.2 Å². The maximum absolute atomic E-state index is 10.7. The van der Waals surface area contributed by atoms with Crippen molar-refractivity contribution in [3.8, 4) is 0 Å². The molecular formula is C11H10O4S. The summed E-state index contributed by atoms with van der Waals surface area (Å²) in [6.07, 6.45) is 0.704. The molecule has 0 atom stereocenters. The van der Waals surface area contributed by atoms with Crippen LogP contribution in [-0.4, -0.2) is 22.2 Å². The molecule has 0 aromatic heterocycles. The molecular weight excluding hydrogens is 228 g/mol. The van der Waals surface area contributed by atoms with Gasteiger partial charge in [0.05, 0.1) is 4.91 Å². The monoisotopic (exact) mass is 238 g/mol. The average molecular weight is 238 g/mol. The molecule has 1 rings (SSSR count). The number of aliphatic carboxylic acids is 2. The van der Waals surface area contributed by atoms with Gasteiger partial charge in [-0.15, -0.1) is 11.8 Å². The van der Waals surface area contributed by atoms with Gasteiger partial charge >= 0.3 is 11.9 Å². The molecule has 0 spiro atoms. The summed E-state index contributed by atoms with van der Waals surface area (Å²) >= 11 is 0.992. The van der Waals surface area contributed by atoms with Crippen LogP contribution in [0.3, 0.4) is 0 Å². The molecule has 84 valence electrons. The standard InChI is InChI=1S/C11H10O4S/c12-10(13)6-9(11(14)15)16-7-8-4-2-1-3-5-8/h1-6H,7H2,(H,12,13)(H,14,15)/b9-6-. The maximum atomic E-state index is 10.7. The normalized spacial score (nSPS) is 11.1. The second-order valence-electron chi connectivity index (χ2n) is 2.93. The lowest BCUT2D eigenvalue weighted by atomic mass is 10.2. The largest absolute Gasteiger partial charge is 0.478 e. The highest BCUT2D eigenvalue weighted by Crippen LogP contribution is 2.21. The highest BCUT2D eigenvalue weighted by molar-refractivity contribution is 8.03. The number of rotatable bonds is 5. The van der Waals surface area contributed by atoms with Crippen molar-refractivity contribution in [3.05, 3.63) is 46.9 Å². The first-order chi connectivity index (χ1) is 7.59. The minimum absolute atomic E-state index is 0.170. The van der Waals surface area contributed by atoms with Crippen molar-refractivity contribution in [1.29, 1.82) is 0 Å². The molecule has 1 aromatic carbocycles. The summed E-state index contributed by atoms with van der Waals surface area (Å²) in [6, 6.07) is 9.26. The zero-order valence-electron chi connectivity index (χ0n) is 8.29. The van der Waals surface area contributed by atoms with Gasteiger partial charge in [0, 0.05) is 11.8 Å². The van der Waals surface area contributed by atoms with Crippen molar-refractivity contribution in [3.63, 3.8) is 0 Å². The van der Waals surface area contributed by atoms with E-state index in [2.05, 4.69) is 0 Å². The molecule has 4 nitrogen and oxygen atoms in total. The Morgan fingerprint density at radius 3 is 2.31 bits per heavy atom. The van der Waals surface area contributed by atoms with Crippen molar-refractivity contribution in [2.75, 3.05) is 0 Å². The van der Waals surface area contributed by atoms with E-state index in [0.29, 0.717) is 11.8 Å². The van der Waals surface area contributed by atoms with Crippen LogP contribution >= 0.6 is 11.8 Å². The van der Waals surface area contributed by atoms with Gasteiger partial charge in [0.15, 0.2) is 0 Å². The SMILES string of the molecule is O=C(O)/C=C(\SCc1ccccc1)C(=O)O. The lowest BCUT2D eigenvalue weighted by Gasteiger charge is -2.01. The smallest absolute Gasteiger partial charge is 0.342 e. The van der Waals surface area contributed by atoms with Crippen molar-refractivity contribution in [2.24, 2.45) is 0 Å². The molecule has 5 heteroatoms. The number of hydrogen-bond donors (Lipinski definition) is 2. The van der Waals surface area contributed by atoms with Crippen LogP contribution in [0, 0.1) is 0 Å². The number of benzene rings is 1. The summed E-state index contributed by atoms with van der Waals surface area (Å²) in [5.41, 5.74) is 0.949. The van der Waals surface area contributed by atoms with E-state index in [1.54, 1.807) is 0 Å². The van der Waals surface area contributed by atoms with Crippen LogP contribution in [0.2, 0.25) is 0 Å². The Labute approximate surface area is 96.6 Å². The quantitative estimate of drug-likeness (QED) is 0.767. The minimum atomic E-state index is -1.25. The molecule has 0 fully saturated rings. The fourth-order valence-corrected chi connectivity index (χ4v) is 1.83. The molecule has 0 amide bonds. The number of hydrogen-bond acceptors (Lipinski definition) is 3. The molecule has 0 saturated heterocycles. The number of carboxylic acids is 2. The van der Waals surface area contributed by atoms with Crippen LogP contribution in [0.4, 0.5) is 0 Å². The van der Waals surface area contributed by atoms with Gasteiger partial charge in [-0.3, -0.25) is 0 Å². The van der Waals surface area contributed by atoms with Gasteiger partial charge < -0.3 is 10.2 Å². The van der Waals surface area contributed by atoms with Gasteiger partial charge in [0.2, 0.25) is 0 Å². The maximum Gasteiger partial charge on any atom is 0.342 e. The lowest BCUT2D eigenvalue weighted by molar-refractivity contribution is -0.134. The number of thioether (sulfide) groups is 1. The highest BCUT2D eigenvalue weighted by atomic mass is 32.2. The van der Waals surface area contributed by atoms with E-state index < -0.39 is 11.9 Å². The van der Waals surface area contributed by atoms with Crippen molar-refractivity contribution < 1.29 is 19.8 Å². The van der Waals surface area contributed by atoms with Crippen LogP contribution in [0.1, 0.15) is 5.56 Å². The third kappa shape index (κ3) is 4.18. The molecule has 0 aliphatic carbocycles. The van der Waals surface area contributed by atoms with E-state index in [0.717, 1.165) is 17.3 Å². The zero-order chi connectivity index (χ0) is 12.0. The Hall–Kier alpha value is -1.75. The van der Waals surface area contributed by atoms with Crippen molar-refractivity contribution >= 4 is 23.7 Å². The van der Waals surface area contributed by atoms with Crippen LogP contribution in [0.5, 0.6) is 0 Å². The fraction of sp³-hybridized carbons (Fsp3) is 0.0909. The Bertz CT molecular complexity index is 411. The molecule has 16 heavy (non-hydrogen) atoms. The molecule has 1 aromatic rings. The van der Waals surface area contributed by atoms with E-state index in [1.165, 1.54) is 0 Å². The highest BCUT2D eigenvalue weighted by Gasteiger charge is 2.10. The third-order valence-electron chi connectivity index (χ3n) is 1.70. The van der Waals surface area contributed by atoms with Gasteiger partial charge in [-0.25, -0.2) is 9.59 Å². The Morgan fingerprint density at radius 2 is 1.81 bits per heavy atom. The summed E-state index contributed by atoms with van der Waals surface area (Å²) in [5.74, 6) is -2.03. The first kappa shape index (κ1) is 12.3. The topological polar surface area (TPSA) is 74.6 Å². The predicted molar refractivity (Wildman–Crippen MR) is 61.1 cm³/mol. The molecule has 0 unspecified atom stereocenters. The van der Waals surface area contributed by atoms with Crippen LogP contribution in [0.15, 0.2) is 41.3 Å². The van der Waals surface area contributed by atoms with Crippen LogP contribution in [0.25, 0.3) is 0 Å². The molecule has 0 bridgehead atoms. The molecule has 2 N–H and O–H groups in total.